The Morgan fingerprint density at radius 3 is 2.35 bits per heavy atom. The molecule has 4 nitrogen and oxygen atoms in total. The lowest BCUT2D eigenvalue weighted by Crippen LogP contribution is -2.36. The van der Waals surface area contributed by atoms with Crippen LogP contribution in [-0.2, 0) is 4.79 Å². The highest BCUT2D eigenvalue weighted by atomic mass is 19.1. The first-order chi connectivity index (χ1) is 8.02. The summed E-state index contributed by atoms with van der Waals surface area (Å²) in [7, 11) is 3.22. The van der Waals surface area contributed by atoms with Gasteiger partial charge in [0, 0.05) is 12.6 Å². The lowest BCUT2D eigenvalue weighted by Gasteiger charge is -2.14. The fourth-order valence-electron chi connectivity index (χ4n) is 1.35. The number of amides is 1. The van der Waals surface area contributed by atoms with Crippen molar-refractivity contribution in [2.75, 3.05) is 27.2 Å². The maximum absolute atomic E-state index is 12.7. The van der Waals surface area contributed by atoms with Crippen LogP contribution in [0.15, 0.2) is 24.3 Å². The van der Waals surface area contributed by atoms with Crippen LogP contribution in [0, 0.1) is 5.82 Å². The van der Waals surface area contributed by atoms with Gasteiger partial charge in [-0.15, -0.1) is 0 Å². The molecule has 0 aliphatic rings. The van der Waals surface area contributed by atoms with E-state index < -0.39 is 0 Å². The van der Waals surface area contributed by atoms with Gasteiger partial charge in [-0.3, -0.25) is 14.5 Å². The molecule has 1 amide bonds. The van der Waals surface area contributed by atoms with Gasteiger partial charge in [0.2, 0.25) is 5.91 Å². The summed E-state index contributed by atoms with van der Waals surface area (Å²) in [5, 5.41) is 2.47. The summed E-state index contributed by atoms with van der Waals surface area (Å²) in [4.78, 5) is 24.4. The zero-order valence-corrected chi connectivity index (χ0v) is 9.87. The average Bonchev–Trinajstić information content (AvgIpc) is 2.29. The van der Waals surface area contributed by atoms with Crippen LogP contribution in [0.2, 0.25) is 0 Å². The van der Waals surface area contributed by atoms with Gasteiger partial charge in [0.1, 0.15) is 5.82 Å². The number of carbonyl (C=O) groups excluding carboxylic acids is 2. The molecule has 0 spiro atoms. The first-order valence-electron chi connectivity index (χ1n) is 5.21. The summed E-state index contributed by atoms with van der Waals surface area (Å²) >= 11 is 0. The monoisotopic (exact) mass is 238 g/mol. The molecule has 1 aromatic carbocycles. The van der Waals surface area contributed by atoms with Crippen molar-refractivity contribution in [3.05, 3.63) is 35.6 Å². The van der Waals surface area contributed by atoms with Crippen molar-refractivity contribution in [1.82, 2.24) is 10.2 Å². The largest absolute Gasteiger partial charge is 0.358 e. The van der Waals surface area contributed by atoms with Crippen molar-refractivity contribution in [3.63, 3.8) is 0 Å². The van der Waals surface area contributed by atoms with Crippen LogP contribution < -0.4 is 5.32 Å². The van der Waals surface area contributed by atoms with E-state index in [9.17, 15) is 14.0 Å². The standard InChI is InChI=1S/C12H15FN2O2/c1-14-12(17)8-15(2)7-11(16)9-3-5-10(13)6-4-9/h3-6H,7-8H2,1-2H3,(H,14,17). The summed E-state index contributed by atoms with van der Waals surface area (Å²) in [5.74, 6) is -0.670. The predicted octanol–water partition coefficient (Wildman–Crippen LogP) is 0.686. The minimum Gasteiger partial charge on any atom is -0.358 e. The van der Waals surface area contributed by atoms with Crippen LogP contribution >= 0.6 is 0 Å². The molecular formula is C12H15FN2O2. The number of benzene rings is 1. The average molecular weight is 238 g/mol. The third kappa shape index (κ3) is 4.32. The molecule has 0 saturated heterocycles. The second-order valence-electron chi connectivity index (χ2n) is 3.78. The Hall–Kier alpha value is -1.75. The molecule has 1 aromatic rings. The third-order valence-corrected chi connectivity index (χ3v) is 2.27. The summed E-state index contributed by atoms with van der Waals surface area (Å²) in [5.41, 5.74) is 0.440. The van der Waals surface area contributed by atoms with E-state index in [1.54, 1.807) is 11.9 Å². The van der Waals surface area contributed by atoms with E-state index in [2.05, 4.69) is 5.32 Å². The molecule has 0 heterocycles. The molecule has 0 aliphatic carbocycles. The van der Waals surface area contributed by atoms with Crippen molar-refractivity contribution >= 4 is 11.7 Å². The van der Waals surface area contributed by atoms with Crippen LogP contribution in [0.3, 0.4) is 0 Å². The predicted molar refractivity (Wildman–Crippen MR) is 62.3 cm³/mol. The van der Waals surface area contributed by atoms with Gasteiger partial charge in [0.15, 0.2) is 5.78 Å². The molecule has 5 heteroatoms. The number of nitrogens with one attached hydrogen (secondary N) is 1. The Kier molecular flexibility index (Phi) is 4.78. The van der Waals surface area contributed by atoms with Crippen molar-refractivity contribution in [2.45, 2.75) is 0 Å². The maximum Gasteiger partial charge on any atom is 0.233 e. The molecular weight excluding hydrogens is 223 g/mol. The summed E-state index contributed by atoms with van der Waals surface area (Å²) in [6.07, 6.45) is 0. The Bertz CT molecular complexity index is 403. The molecule has 0 fully saturated rings. The van der Waals surface area contributed by atoms with Gasteiger partial charge in [-0.2, -0.15) is 0 Å². The molecule has 0 bridgehead atoms. The van der Waals surface area contributed by atoms with E-state index in [-0.39, 0.29) is 30.6 Å². The van der Waals surface area contributed by atoms with E-state index in [0.29, 0.717) is 5.56 Å². The summed E-state index contributed by atoms with van der Waals surface area (Å²) in [6, 6.07) is 5.36. The zero-order chi connectivity index (χ0) is 12.8. The minimum atomic E-state index is -0.375. The number of Topliss-reactive ketones (excluding diaryl/α,β-unsaturated/α-hetero) is 1. The molecule has 0 radical (unpaired) electrons. The van der Waals surface area contributed by atoms with Crippen LogP contribution in [-0.4, -0.2) is 43.8 Å². The molecule has 0 aliphatic heterocycles. The Balaban J connectivity index is 2.54. The topological polar surface area (TPSA) is 49.4 Å². The van der Waals surface area contributed by atoms with Gasteiger partial charge in [0.25, 0.3) is 0 Å². The SMILES string of the molecule is CNC(=O)CN(C)CC(=O)c1ccc(F)cc1. The van der Waals surface area contributed by atoms with E-state index in [4.69, 9.17) is 0 Å². The van der Waals surface area contributed by atoms with Crippen LogP contribution in [0.1, 0.15) is 10.4 Å². The van der Waals surface area contributed by atoms with Gasteiger partial charge >= 0.3 is 0 Å². The van der Waals surface area contributed by atoms with Gasteiger partial charge in [-0.25, -0.2) is 4.39 Å². The zero-order valence-electron chi connectivity index (χ0n) is 9.87. The van der Waals surface area contributed by atoms with Crippen LogP contribution in [0.4, 0.5) is 4.39 Å². The van der Waals surface area contributed by atoms with Crippen molar-refractivity contribution in [1.29, 1.82) is 0 Å². The van der Waals surface area contributed by atoms with Crippen molar-refractivity contribution in [3.8, 4) is 0 Å². The molecule has 0 atom stereocenters. The van der Waals surface area contributed by atoms with E-state index in [0.717, 1.165) is 0 Å². The number of ketones is 1. The minimum absolute atomic E-state index is 0.124. The van der Waals surface area contributed by atoms with Gasteiger partial charge in [0.05, 0.1) is 13.1 Å². The lowest BCUT2D eigenvalue weighted by atomic mass is 10.1. The summed E-state index contributed by atoms with van der Waals surface area (Å²) < 4.78 is 12.7. The maximum atomic E-state index is 12.7. The highest BCUT2D eigenvalue weighted by molar-refractivity contribution is 5.97. The van der Waals surface area contributed by atoms with E-state index >= 15 is 0 Å². The molecule has 92 valence electrons. The fourth-order valence-corrected chi connectivity index (χ4v) is 1.35. The lowest BCUT2D eigenvalue weighted by molar-refractivity contribution is -0.121. The second kappa shape index (κ2) is 6.10. The van der Waals surface area contributed by atoms with E-state index in [1.165, 1.54) is 31.3 Å². The molecule has 0 aromatic heterocycles. The van der Waals surface area contributed by atoms with Crippen molar-refractivity contribution < 1.29 is 14.0 Å². The molecule has 1 N–H and O–H groups in total. The highest BCUT2D eigenvalue weighted by Crippen LogP contribution is 2.04. The normalized spacial score (nSPS) is 10.4. The quantitative estimate of drug-likeness (QED) is 0.768. The second-order valence-corrected chi connectivity index (χ2v) is 3.78. The molecule has 17 heavy (non-hydrogen) atoms. The number of nitrogens with zero attached hydrogens (tertiary/aromatic N) is 1. The van der Waals surface area contributed by atoms with Crippen molar-refractivity contribution in [2.24, 2.45) is 0 Å². The Labute approximate surface area is 99.4 Å². The van der Waals surface area contributed by atoms with Gasteiger partial charge in [-0.05, 0) is 31.3 Å². The molecule has 0 saturated carbocycles. The third-order valence-electron chi connectivity index (χ3n) is 2.27. The van der Waals surface area contributed by atoms with E-state index in [1.807, 2.05) is 0 Å². The highest BCUT2D eigenvalue weighted by Gasteiger charge is 2.11. The Morgan fingerprint density at radius 2 is 1.82 bits per heavy atom. The molecule has 1 rings (SSSR count). The molecule has 0 unspecified atom stereocenters. The summed E-state index contributed by atoms with van der Waals surface area (Å²) in [6.45, 7) is 0.280. The number of hydrogen-bond acceptors (Lipinski definition) is 3. The first-order valence-corrected chi connectivity index (χ1v) is 5.21. The number of hydrogen-bond donors (Lipinski definition) is 1. The number of carbonyl (C=O) groups is 2. The number of rotatable bonds is 5. The number of likely N-dealkylation sites (N-methyl/N-ethyl adjacent to an activating group) is 2. The Morgan fingerprint density at radius 1 is 1.24 bits per heavy atom. The smallest absolute Gasteiger partial charge is 0.233 e. The first kappa shape index (κ1) is 13.3. The van der Waals surface area contributed by atoms with Gasteiger partial charge in [-0.1, -0.05) is 0 Å². The van der Waals surface area contributed by atoms with Crippen LogP contribution in [0.25, 0.3) is 0 Å². The van der Waals surface area contributed by atoms with Gasteiger partial charge < -0.3 is 5.32 Å². The fraction of sp³-hybridized carbons (Fsp3) is 0.333. The number of halogens is 1. The van der Waals surface area contributed by atoms with Crippen LogP contribution in [0.5, 0.6) is 0 Å².